The number of fused-ring (bicyclic) bond motifs is 1. The van der Waals surface area contributed by atoms with Gasteiger partial charge in [-0.05, 0) is 43.4 Å². The molecule has 2 aromatic rings. The number of benzene rings is 1. The van der Waals surface area contributed by atoms with E-state index in [2.05, 4.69) is 28.5 Å². The summed E-state index contributed by atoms with van der Waals surface area (Å²) in [6.45, 7) is 1.27. The third-order valence-electron chi connectivity index (χ3n) is 4.71. The molecule has 1 fully saturated rings. The molecule has 0 bridgehead atoms. The number of nitrogens with zero attached hydrogens (tertiary/aromatic N) is 1. The number of carbonyl (C=O) groups excluding carboxylic acids is 1. The average Bonchev–Trinajstić information content (AvgIpc) is 3.03. The maximum atomic E-state index is 12.3. The Bertz CT molecular complexity index is 650. The van der Waals surface area contributed by atoms with Gasteiger partial charge in [0.1, 0.15) is 0 Å². The highest BCUT2D eigenvalue weighted by molar-refractivity contribution is 5.82. The fraction of sp³-hybridized carbons (Fsp3) is 0.444. The highest BCUT2D eigenvalue weighted by Crippen LogP contribution is 2.30. The lowest BCUT2D eigenvalue weighted by molar-refractivity contribution is -0.125. The van der Waals surface area contributed by atoms with Crippen molar-refractivity contribution in [3.63, 3.8) is 0 Å². The van der Waals surface area contributed by atoms with E-state index in [-0.39, 0.29) is 11.8 Å². The Morgan fingerprint density at radius 2 is 2.14 bits per heavy atom. The molecule has 1 aromatic carbocycles. The van der Waals surface area contributed by atoms with Gasteiger partial charge in [-0.25, -0.2) is 0 Å². The SMILES string of the molecule is NC[C@H]1CCC[C@H]1C(=O)NCCc1cccc2cccnc12. The summed E-state index contributed by atoms with van der Waals surface area (Å²) in [5.41, 5.74) is 7.96. The number of nitrogens with one attached hydrogen (secondary N) is 1. The van der Waals surface area contributed by atoms with E-state index < -0.39 is 0 Å². The topological polar surface area (TPSA) is 68.0 Å². The van der Waals surface area contributed by atoms with Gasteiger partial charge in [-0.15, -0.1) is 0 Å². The van der Waals surface area contributed by atoms with Gasteiger partial charge in [0.2, 0.25) is 5.91 Å². The fourth-order valence-electron chi connectivity index (χ4n) is 3.48. The maximum absolute atomic E-state index is 12.3. The van der Waals surface area contributed by atoms with Gasteiger partial charge < -0.3 is 11.1 Å². The minimum Gasteiger partial charge on any atom is -0.356 e. The normalized spacial score (nSPS) is 21.1. The van der Waals surface area contributed by atoms with Crippen molar-refractivity contribution in [3.8, 4) is 0 Å². The molecular formula is C18H23N3O. The molecule has 1 aliphatic carbocycles. The lowest BCUT2D eigenvalue weighted by atomic mass is 9.95. The van der Waals surface area contributed by atoms with Gasteiger partial charge in [0.05, 0.1) is 5.52 Å². The van der Waals surface area contributed by atoms with Crippen LogP contribution in [0, 0.1) is 11.8 Å². The number of rotatable bonds is 5. The van der Waals surface area contributed by atoms with Crippen molar-refractivity contribution in [2.45, 2.75) is 25.7 Å². The van der Waals surface area contributed by atoms with Crippen LogP contribution in [0.25, 0.3) is 10.9 Å². The van der Waals surface area contributed by atoms with Gasteiger partial charge in [0, 0.05) is 24.0 Å². The first-order chi connectivity index (χ1) is 10.8. The summed E-state index contributed by atoms with van der Waals surface area (Å²) in [6.07, 6.45) is 5.80. The van der Waals surface area contributed by atoms with Crippen LogP contribution in [0.2, 0.25) is 0 Å². The minimum absolute atomic E-state index is 0.107. The molecule has 0 aliphatic heterocycles. The monoisotopic (exact) mass is 297 g/mol. The molecule has 0 unspecified atom stereocenters. The van der Waals surface area contributed by atoms with Gasteiger partial charge in [-0.3, -0.25) is 9.78 Å². The zero-order valence-electron chi connectivity index (χ0n) is 12.8. The van der Waals surface area contributed by atoms with E-state index in [4.69, 9.17) is 5.73 Å². The molecule has 3 rings (SSSR count). The lowest BCUT2D eigenvalue weighted by Crippen LogP contribution is -2.36. The number of para-hydroxylation sites is 1. The first-order valence-electron chi connectivity index (χ1n) is 8.10. The van der Waals surface area contributed by atoms with E-state index in [9.17, 15) is 4.79 Å². The van der Waals surface area contributed by atoms with Gasteiger partial charge in [-0.1, -0.05) is 30.7 Å². The zero-order chi connectivity index (χ0) is 15.4. The molecule has 1 heterocycles. The Hall–Kier alpha value is -1.94. The molecule has 0 saturated heterocycles. The van der Waals surface area contributed by atoms with E-state index >= 15 is 0 Å². The van der Waals surface area contributed by atoms with Gasteiger partial charge in [0.25, 0.3) is 0 Å². The van der Waals surface area contributed by atoms with Gasteiger partial charge in [0.15, 0.2) is 0 Å². The summed E-state index contributed by atoms with van der Waals surface area (Å²) in [6, 6.07) is 10.2. The molecule has 1 amide bonds. The van der Waals surface area contributed by atoms with Crippen LogP contribution in [0.15, 0.2) is 36.5 Å². The zero-order valence-corrected chi connectivity index (χ0v) is 12.8. The lowest BCUT2D eigenvalue weighted by Gasteiger charge is -2.17. The Balaban J connectivity index is 1.59. The molecule has 2 atom stereocenters. The van der Waals surface area contributed by atoms with E-state index in [0.717, 1.165) is 36.6 Å². The van der Waals surface area contributed by atoms with Crippen LogP contribution in [-0.4, -0.2) is 24.0 Å². The number of pyridine rings is 1. The summed E-state index contributed by atoms with van der Waals surface area (Å²) in [5, 5.41) is 4.22. The smallest absolute Gasteiger partial charge is 0.223 e. The van der Waals surface area contributed by atoms with Crippen LogP contribution in [-0.2, 0) is 11.2 Å². The maximum Gasteiger partial charge on any atom is 0.223 e. The Kier molecular flexibility index (Phi) is 4.68. The van der Waals surface area contributed by atoms with Gasteiger partial charge >= 0.3 is 0 Å². The van der Waals surface area contributed by atoms with Gasteiger partial charge in [-0.2, -0.15) is 0 Å². The van der Waals surface area contributed by atoms with Crippen LogP contribution in [0.1, 0.15) is 24.8 Å². The van der Waals surface area contributed by atoms with Crippen molar-refractivity contribution in [2.75, 3.05) is 13.1 Å². The third kappa shape index (κ3) is 3.12. The Morgan fingerprint density at radius 1 is 1.27 bits per heavy atom. The van der Waals surface area contributed by atoms with E-state index in [1.54, 1.807) is 0 Å². The number of aromatic nitrogens is 1. The van der Waals surface area contributed by atoms with Crippen molar-refractivity contribution in [3.05, 3.63) is 42.1 Å². The summed E-state index contributed by atoms with van der Waals surface area (Å²) in [4.78, 5) is 16.7. The first-order valence-corrected chi connectivity index (χ1v) is 8.10. The average molecular weight is 297 g/mol. The summed E-state index contributed by atoms with van der Waals surface area (Å²) < 4.78 is 0. The van der Waals surface area contributed by atoms with Crippen LogP contribution < -0.4 is 11.1 Å². The quantitative estimate of drug-likeness (QED) is 0.889. The highest BCUT2D eigenvalue weighted by Gasteiger charge is 2.31. The molecule has 4 heteroatoms. The van der Waals surface area contributed by atoms with E-state index in [1.807, 2.05) is 18.3 Å². The summed E-state index contributed by atoms with van der Waals surface area (Å²) >= 11 is 0. The number of hydrogen-bond acceptors (Lipinski definition) is 3. The predicted octanol–water partition coefficient (Wildman–Crippen LogP) is 2.27. The molecule has 1 aromatic heterocycles. The second kappa shape index (κ2) is 6.88. The van der Waals surface area contributed by atoms with Crippen LogP contribution in [0.4, 0.5) is 0 Å². The third-order valence-corrected chi connectivity index (χ3v) is 4.71. The highest BCUT2D eigenvalue weighted by atomic mass is 16.1. The molecule has 116 valence electrons. The number of amides is 1. The van der Waals surface area contributed by atoms with E-state index in [0.29, 0.717) is 19.0 Å². The minimum atomic E-state index is 0.107. The molecule has 22 heavy (non-hydrogen) atoms. The molecule has 0 radical (unpaired) electrons. The predicted molar refractivity (Wildman–Crippen MR) is 88.3 cm³/mol. The summed E-state index contributed by atoms with van der Waals surface area (Å²) in [7, 11) is 0. The number of hydrogen-bond donors (Lipinski definition) is 2. The van der Waals surface area contributed by atoms with Crippen molar-refractivity contribution in [2.24, 2.45) is 17.6 Å². The Labute approximate surface area is 131 Å². The Morgan fingerprint density at radius 3 is 3.00 bits per heavy atom. The first kappa shape index (κ1) is 15.0. The number of nitrogens with two attached hydrogens (primary N) is 1. The van der Waals surface area contributed by atoms with Crippen LogP contribution in [0.3, 0.4) is 0 Å². The largest absolute Gasteiger partial charge is 0.356 e. The molecule has 3 N–H and O–H groups in total. The molecule has 0 spiro atoms. The van der Waals surface area contributed by atoms with Crippen LogP contribution in [0.5, 0.6) is 0 Å². The van der Waals surface area contributed by atoms with Crippen LogP contribution >= 0.6 is 0 Å². The van der Waals surface area contributed by atoms with Crippen molar-refractivity contribution >= 4 is 16.8 Å². The second-order valence-electron chi connectivity index (χ2n) is 6.07. The van der Waals surface area contributed by atoms with Crippen molar-refractivity contribution in [1.29, 1.82) is 0 Å². The fourth-order valence-corrected chi connectivity index (χ4v) is 3.48. The summed E-state index contributed by atoms with van der Waals surface area (Å²) in [5.74, 6) is 0.635. The standard InChI is InChI=1S/C18H23N3O/c19-12-15-6-2-8-16(15)18(22)21-11-9-14-5-1-4-13-7-3-10-20-17(13)14/h1,3-5,7,10,15-16H,2,6,8-9,11-12,19H2,(H,21,22)/t15-,16-/m1/s1. The molecule has 4 nitrogen and oxygen atoms in total. The number of carbonyl (C=O) groups is 1. The molecule has 1 saturated carbocycles. The van der Waals surface area contributed by atoms with Crippen molar-refractivity contribution < 1.29 is 4.79 Å². The van der Waals surface area contributed by atoms with Crippen molar-refractivity contribution in [1.82, 2.24) is 10.3 Å². The molecular weight excluding hydrogens is 274 g/mol. The van der Waals surface area contributed by atoms with E-state index in [1.165, 1.54) is 5.56 Å². The molecule has 1 aliphatic rings. The second-order valence-corrected chi connectivity index (χ2v) is 6.07.